The highest BCUT2D eigenvalue weighted by atomic mass is 35.5. The van der Waals surface area contributed by atoms with Gasteiger partial charge in [-0.25, -0.2) is 0 Å². The van der Waals surface area contributed by atoms with Gasteiger partial charge in [-0.2, -0.15) is 0 Å². The van der Waals surface area contributed by atoms with Crippen molar-refractivity contribution in [1.82, 2.24) is 4.57 Å². The first-order valence-electron chi connectivity index (χ1n) is 5.11. The molecule has 0 saturated carbocycles. The molecule has 1 aromatic carbocycles. The van der Waals surface area contributed by atoms with Gasteiger partial charge in [0.1, 0.15) is 0 Å². The van der Waals surface area contributed by atoms with Crippen LogP contribution in [0.4, 0.5) is 0 Å². The van der Waals surface area contributed by atoms with Crippen molar-refractivity contribution < 1.29 is 0 Å². The summed E-state index contributed by atoms with van der Waals surface area (Å²) in [5.41, 5.74) is 3.79. The number of thiazole rings is 1. The van der Waals surface area contributed by atoms with Crippen LogP contribution < -0.4 is 4.80 Å². The van der Waals surface area contributed by atoms with E-state index in [0.29, 0.717) is 0 Å². The lowest BCUT2D eigenvalue weighted by atomic mass is 10.1. The van der Waals surface area contributed by atoms with Crippen LogP contribution in [0.5, 0.6) is 0 Å². The van der Waals surface area contributed by atoms with Gasteiger partial charge in [0.2, 0.25) is 0 Å². The summed E-state index contributed by atoms with van der Waals surface area (Å²) in [6.45, 7) is 0. The van der Waals surface area contributed by atoms with E-state index in [1.54, 1.807) is 11.3 Å². The maximum atomic E-state index is 6.21. The predicted octanol–water partition coefficient (Wildman–Crippen LogP) is 3.26. The topological polar surface area (TPSA) is 17.3 Å². The number of fused-ring (bicyclic) bond motifs is 3. The van der Waals surface area contributed by atoms with Gasteiger partial charge in [-0.15, -0.1) is 23.7 Å². The number of halogens is 2. The Kier molecular flexibility index (Phi) is 3.34. The lowest BCUT2D eigenvalue weighted by Crippen LogP contribution is -2.10. The van der Waals surface area contributed by atoms with Crippen molar-refractivity contribution in [3.63, 3.8) is 0 Å². The van der Waals surface area contributed by atoms with Crippen molar-refractivity contribution in [2.24, 2.45) is 12.0 Å². The molecule has 0 spiro atoms. The zero-order valence-corrected chi connectivity index (χ0v) is 11.9. The summed E-state index contributed by atoms with van der Waals surface area (Å²) in [4.78, 5) is 6.71. The molecule has 0 amide bonds. The van der Waals surface area contributed by atoms with Gasteiger partial charge < -0.3 is 4.57 Å². The Morgan fingerprint density at radius 1 is 1.41 bits per heavy atom. The first kappa shape index (κ1) is 12.7. The zero-order valence-electron chi connectivity index (χ0n) is 9.53. The third-order valence-corrected chi connectivity index (χ3v) is 4.58. The quantitative estimate of drug-likeness (QED) is 0.604. The summed E-state index contributed by atoms with van der Waals surface area (Å²) in [6.07, 6.45) is 0.943. The highest BCUT2D eigenvalue weighted by Gasteiger charge is 2.24. The molecule has 2 nitrogen and oxygen atoms in total. The molecule has 0 bridgehead atoms. The van der Waals surface area contributed by atoms with Gasteiger partial charge in [0, 0.05) is 36.0 Å². The molecule has 5 heteroatoms. The Labute approximate surface area is 115 Å². The third kappa shape index (κ3) is 1.73. The molecule has 1 aliphatic carbocycles. The summed E-state index contributed by atoms with van der Waals surface area (Å²) < 4.78 is 2.15. The van der Waals surface area contributed by atoms with Crippen LogP contribution in [0.2, 0.25) is 5.02 Å². The molecule has 0 radical (unpaired) electrons. The van der Waals surface area contributed by atoms with Crippen LogP contribution in [-0.2, 0) is 13.5 Å². The summed E-state index contributed by atoms with van der Waals surface area (Å²) in [6, 6.07) is 6.11. The highest BCUT2D eigenvalue weighted by molar-refractivity contribution is 7.09. The lowest BCUT2D eigenvalue weighted by molar-refractivity contribution is 0.876. The number of rotatable bonds is 0. The molecule has 3 rings (SSSR count). The average molecular weight is 287 g/mol. The minimum Gasteiger partial charge on any atom is -0.320 e. The second-order valence-corrected chi connectivity index (χ2v) is 5.35. The second-order valence-electron chi connectivity index (χ2n) is 3.88. The van der Waals surface area contributed by atoms with Crippen molar-refractivity contribution in [2.75, 3.05) is 7.05 Å². The van der Waals surface area contributed by atoms with E-state index in [1.165, 1.54) is 21.7 Å². The summed E-state index contributed by atoms with van der Waals surface area (Å²) in [5.74, 6) is 0. The normalized spacial score (nSPS) is 13.2. The van der Waals surface area contributed by atoms with Gasteiger partial charge in [0.15, 0.2) is 4.80 Å². The van der Waals surface area contributed by atoms with Crippen LogP contribution in [0.3, 0.4) is 0 Å². The molecule has 0 aliphatic heterocycles. The highest BCUT2D eigenvalue weighted by Crippen LogP contribution is 2.40. The molecule has 0 unspecified atom stereocenters. The predicted molar refractivity (Wildman–Crippen MR) is 75.3 cm³/mol. The van der Waals surface area contributed by atoms with Crippen LogP contribution in [0.15, 0.2) is 23.2 Å². The Hall–Kier alpha value is -0.770. The van der Waals surface area contributed by atoms with E-state index < -0.39 is 0 Å². The van der Waals surface area contributed by atoms with Crippen LogP contribution >= 0.6 is 35.3 Å². The Bertz CT molecular complexity index is 640. The van der Waals surface area contributed by atoms with Crippen LogP contribution in [-0.4, -0.2) is 11.6 Å². The van der Waals surface area contributed by atoms with Crippen LogP contribution in [0, 0.1) is 0 Å². The maximum absolute atomic E-state index is 6.21. The average Bonchev–Trinajstić information content (AvgIpc) is 2.77. The van der Waals surface area contributed by atoms with Crippen molar-refractivity contribution in [1.29, 1.82) is 0 Å². The largest absolute Gasteiger partial charge is 0.320 e. The standard InChI is InChI=1S/C12H11ClN2S.ClH/c1-14-12-15(2)11-7-4-3-5-9(13)8(7)6-10(11)16-12;/h3-5H,6H2,1-2H3;1H. The molecule has 90 valence electrons. The van der Waals surface area contributed by atoms with E-state index >= 15 is 0 Å². The molecular formula is C12H12Cl2N2S. The molecule has 1 heterocycles. The van der Waals surface area contributed by atoms with Gasteiger partial charge in [0.25, 0.3) is 0 Å². The van der Waals surface area contributed by atoms with Crippen LogP contribution in [0.1, 0.15) is 10.4 Å². The molecule has 1 aromatic heterocycles. The second kappa shape index (κ2) is 4.48. The van der Waals surface area contributed by atoms with E-state index in [-0.39, 0.29) is 12.4 Å². The monoisotopic (exact) mass is 286 g/mol. The number of hydrogen-bond donors (Lipinski definition) is 0. The number of benzene rings is 1. The summed E-state index contributed by atoms with van der Waals surface area (Å²) in [5, 5.41) is 0.871. The first-order chi connectivity index (χ1) is 7.72. The smallest absolute Gasteiger partial charge is 0.184 e. The van der Waals surface area contributed by atoms with Gasteiger partial charge in [0.05, 0.1) is 5.69 Å². The fraction of sp³-hybridized carbons (Fsp3) is 0.250. The molecule has 2 aromatic rings. The van der Waals surface area contributed by atoms with E-state index in [2.05, 4.69) is 22.7 Å². The summed E-state index contributed by atoms with van der Waals surface area (Å²) >= 11 is 7.97. The Morgan fingerprint density at radius 3 is 2.88 bits per heavy atom. The molecular weight excluding hydrogens is 275 g/mol. The molecule has 0 atom stereocenters. The SMILES string of the molecule is CN=c1sc2c(n1C)-c1cccc(Cl)c1C2.Cl. The van der Waals surface area contributed by atoms with E-state index in [0.717, 1.165) is 16.2 Å². The zero-order chi connectivity index (χ0) is 11.3. The fourth-order valence-electron chi connectivity index (χ4n) is 2.28. The van der Waals surface area contributed by atoms with Gasteiger partial charge in [-0.1, -0.05) is 23.7 Å². The van der Waals surface area contributed by atoms with Crippen LogP contribution in [0.25, 0.3) is 11.3 Å². The first-order valence-corrected chi connectivity index (χ1v) is 6.31. The van der Waals surface area contributed by atoms with E-state index in [1.807, 2.05) is 19.2 Å². The minimum atomic E-state index is 0. The third-order valence-electron chi connectivity index (χ3n) is 3.00. The fourth-order valence-corrected chi connectivity index (χ4v) is 3.62. The molecule has 17 heavy (non-hydrogen) atoms. The maximum Gasteiger partial charge on any atom is 0.184 e. The summed E-state index contributed by atoms with van der Waals surface area (Å²) in [7, 11) is 3.90. The molecule has 0 fully saturated rings. The molecule has 0 N–H and O–H groups in total. The van der Waals surface area contributed by atoms with E-state index in [9.17, 15) is 0 Å². The van der Waals surface area contributed by atoms with Crippen molar-refractivity contribution in [3.8, 4) is 11.3 Å². The van der Waals surface area contributed by atoms with Gasteiger partial charge in [-0.05, 0) is 11.6 Å². The van der Waals surface area contributed by atoms with Gasteiger partial charge in [-0.3, -0.25) is 4.99 Å². The van der Waals surface area contributed by atoms with Crippen molar-refractivity contribution in [3.05, 3.63) is 38.5 Å². The molecule has 0 saturated heterocycles. The van der Waals surface area contributed by atoms with Crippen molar-refractivity contribution in [2.45, 2.75) is 6.42 Å². The number of aromatic nitrogens is 1. The minimum absolute atomic E-state index is 0. The molecule has 1 aliphatic rings. The Balaban J connectivity index is 0.00000108. The number of hydrogen-bond acceptors (Lipinski definition) is 2. The lowest BCUT2D eigenvalue weighted by Gasteiger charge is -2.04. The van der Waals surface area contributed by atoms with Gasteiger partial charge >= 0.3 is 0 Å². The Morgan fingerprint density at radius 2 is 2.18 bits per heavy atom. The van der Waals surface area contributed by atoms with Crippen molar-refractivity contribution >= 4 is 35.3 Å². The number of nitrogens with zero attached hydrogens (tertiary/aromatic N) is 2. The van der Waals surface area contributed by atoms with E-state index in [4.69, 9.17) is 11.6 Å².